The second-order valence-corrected chi connectivity index (χ2v) is 25.2. The molecule has 0 unspecified atom stereocenters. The Morgan fingerprint density at radius 1 is 0.885 bits per heavy atom. The van der Waals surface area contributed by atoms with Crippen molar-refractivity contribution in [2.45, 2.75) is 196 Å². The van der Waals surface area contributed by atoms with Crippen molar-refractivity contribution in [1.29, 1.82) is 0 Å². The molecule has 8 atom stereocenters. The quantitative estimate of drug-likeness (QED) is 0.0140. The maximum Gasteiger partial charge on any atom is 0.312 e. The highest BCUT2D eigenvalue weighted by Gasteiger charge is 2.40. The highest BCUT2D eigenvalue weighted by molar-refractivity contribution is 7.09. The number of likely N-dealkylation sites (tertiary alicyclic amines) is 1. The molecule has 2 aromatic carbocycles. The molecule has 2 heterocycles. The summed E-state index contributed by atoms with van der Waals surface area (Å²) in [4.78, 5) is 132. The molecule has 0 aliphatic carbocycles. The van der Waals surface area contributed by atoms with Crippen molar-refractivity contribution in [3.8, 4) is 12.3 Å². The van der Waals surface area contributed by atoms with E-state index in [2.05, 4.69) is 32.2 Å². The number of terminal acetylenes is 1. The van der Waals surface area contributed by atoms with Crippen molar-refractivity contribution in [2.24, 2.45) is 34.8 Å². The van der Waals surface area contributed by atoms with Gasteiger partial charge in [-0.25, -0.2) is 14.8 Å². The monoisotopic (exact) mass is 1230 g/mol. The summed E-state index contributed by atoms with van der Waals surface area (Å²) >= 11 is 1.09. The Bertz CT molecular complexity index is 2810. The lowest BCUT2D eigenvalue weighted by molar-refractivity contribution is -0.213. The lowest BCUT2D eigenvalue weighted by Gasteiger charge is -2.39. The van der Waals surface area contributed by atoms with Gasteiger partial charge >= 0.3 is 23.9 Å². The van der Waals surface area contributed by atoms with Crippen LogP contribution in [-0.2, 0) is 73.7 Å². The number of rotatable bonds is 36. The number of esters is 2. The zero-order chi connectivity index (χ0) is 64.5. The van der Waals surface area contributed by atoms with Crippen LogP contribution in [0.1, 0.15) is 177 Å². The number of Topliss-reactive ketones (excluding diaryl/α,β-unsaturated/α-hetero) is 1. The van der Waals surface area contributed by atoms with Crippen LogP contribution < -0.4 is 27.0 Å². The van der Waals surface area contributed by atoms with Gasteiger partial charge in [0.15, 0.2) is 11.9 Å². The van der Waals surface area contributed by atoms with Gasteiger partial charge in [0.2, 0.25) is 11.8 Å². The third-order valence-electron chi connectivity index (χ3n) is 16.0. The molecule has 1 aliphatic rings. The Kier molecular flexibility index (Phi) is 29.5. The number of piperidine rings is 1. The summed E-state index contributed by atoms with van der Waals surface area (Å²) < 4.78 is 11.5. The second kappa shape index (κ2) is 35.6. The fourth-order valence-electron chi connectivity index (χ4n) is 10.0. The van der Waals surface area contributed by atoms with E-state index in [1.807, 2.05) is 53.5 Å². The number of hydroxylamine groups is 2. The Morgan fingerprint density at radius 2 is 1.53 bits per heavy atom. The third-order valence-corrected chi connectivity index (χ3v) is 17.0. The molecule has 0 spiro atoms. The molecule has 3 aromatic rings. The van der Waals surface area contributed by atoms with E-state index >= 15 is 0 Å². The molecule has 478 valence electrons. The minimum Gasteiger partial charge on any atom is -0.481 e. The average molecular weight is 1230 g/mol. The number of urea groups is 1. The lowest BCUT2D eigenvalue weighted by Crippen LogP contribution is -2.58. The summed E-state index contributed by atoms with van der Waals surface area (Å²) in [6, 6.07) is 10.0. The summed E-state index contributed by atoms with van der Waals surface area (Å²) in [5.41, 5.74) is 6.74. The van der Waals surface area contributed by atoms with Crippen molar-refractivity contribution < 1.29 is 62.6 Å². The molecule has 0 bridgehead atoms. The molecule has 21 nitrogen and oxygen atoms in total. The van der Waals surface area contributed by atoms with E-state index in [4.69, 9.17) is 26.5 Å². The number of carboxylic acid groups (broad SMARTS) is 1. The highest BCUT2D eigenvalue weighted by Crippen LogP contribution is 2.33. The van der Waals surface area contributed by atoms with Gasteiger partial charge in [-0.3, -0.25) is 48.1 Å². The number of aliphatic carboxylic acids is 1. The van der Waals surface area contributed by atoms with Crippen LogP contribution in [0.4, 0.5) is 4.79 Å². The molecule has 0 radical (unpaired) electrons. The Hall–Kier alpha value is -7.22. The number of unbranched alkanes of at least 4 members (excludes halogenated alkanes) is 1. The van der Waals surface area contributed by atoms with Crippen LogP contribution in [0, 0.1) is 41.4 Å². The van der Waals surface area contributed by atoms with Crippen LogP contribution >= 0.6 is 11.3 Å². The largest absolute Gasteiger partial charge is 0.481 e. The van der Waals surface area contributed by atoms with Crippen molar-refractivity contribution in [2.75, 3.05) is 26.7 Å². The number of benzene rings is 2. The van der Waals surface area contributed by atoms with Crippen molar-refractivity contribution in [1.82, 2.24) is 36.2 Å². The number of hydrogen-bond acceptors (Lipinski definition) is 15. The number of carboxylic acids is 1. The van der Waals surface area contributed by atoms with E-state index < -0.39 is 71.4 Å². The van der Waals surface area contributed by atoms with Crippen molar-refractivity contribution in [3.63, 3.8) is 0 Å². The maximum absolute atomic E-state index is 14.9. The first kappa shape index (κ1) is 72.3. The SMILES string of the molecule is C#CCCCON(C(=O)[C@@H](NC(=O)[C@H]1CCCCN1C)[C@@H](C)CC)[C@H](C[C@@H](OC(C)=O)c1nc(C(=O)N[C@@H](Cc2ccc(CC(=O)OCc3ccc(CC(=O)[C@H](CCCNC(N)=O)NC(=O)[C@@H](C)C(C)C)cc3)cc2)CC(C)(C)C(=O)O)cs1)C(C)C. The minimum absolute atomic E-state index is 0.00338. The molecule has 1 fully saturated rings. The number of nitrogens with zero attached hydrogens (tertiary/aromatic N) is 3. The van der Waals surface area contributed by atoms with Crippen LogP contribution in [0.3, 0.4) is 0 Å². The number of amides is 6. The van der Waals surface area contributed by atoms with E-state index in [1.54, 1.807) is 69.3 Å². The standard InChI is InChI=1S/C65H94N8O13S/c1-13-15-18-32-85-73(62(80)57(42(7)14-2)71-60(79)52-21-16-17-31-72(52)12)53(41(5)6)36-55(86-44(9)74)61-70-51(39-87-61)59(78)68-49(37-65(10,11)63(81)82)33-45-22-24-47(25-23-45)35-56(76)84-38-48-28-26-46(27-29-48)34-54(75)50(20-19-30-67-64(66)83)69-58(77)43(8)40(3)4/h1,22-29,39-43,49-50,52-53,55,57H,14-21,30-38H2,2-12H3,(H,68,78)(H,69,77)(H,71,79)(H,81,82)(H3,66,67,83)/t42-,43-,49-,50-,52+,53+,55+,57-/m0/s1. The number of nitrogens with two attached hydrogens (primary N) is 1. The molecule has 1 aromatic heterocycles. The van der Waals surface area contributed by atoms with E-state index in [-0.39, 0.29) is 110 Å². The lowest BCUT2D eigenvalue weighted by atomic mass is 9.83. The van der Waals surface area contributed by atoms with Gasteiger partial charge < -0.3 is 41.6 Å². The maximum atomic E-state index is 14.9. The van der Waals surface area contributed by atoms with Crippen LogP contribution in [0.25, 0.3) is 0 Å². The molecular weight excluding hydrogens is 1130 g/mol. The van der Waals surface area contributed by atoms with Gasteiger partial charge in [-0.2, -0.15) is 0 Å². The normalized spacial score (nSPS) is 16.0. The van der Waals surface area contributed by atoms with E-state index in [1.165, 1.54) is 17.4 Å². The van der Waals surface area contributed by atoms with Crippen LogP contribution in [0.5, 0.6) is 0 Å². The van der Waals surface area contributed by atoms with Gasteiger partial charge in [-0.1, -0.05) is 110 Å². The summed E-state index contributed by atoms with van der Waals surface area (Å²) in [5.74, 6) is -2.04. The second-order valence-electron chi connectivity index (χ2n) is 24.3. The molecule has 22 heteroatoms. The molecule has 87 heavy (non-hydrogen) atoms. The zero-order valence-electron chi connectivity index (χ0n) is 52.7. The molecule has 4 rings (SSSR count). The molecule has 0 saturated carbocycles. The minimum atomic E-state index is -1.26. The first-order valence-corrected chi connectivity index (χ1v) is 31.3. The Balaban J connectivity index is 1.46. The molecule has 1 aliphatic heterocycles. The molecule has 1 saturated heterocycles. The van der Waals surface area contributed by atoms with Crippen molar-refractivity contribution in [3.05, 3.63) is 86.9 Å². The first-order chi connectivity index (χ1) is 41.1. The zero-order valence-corrected chi connectivity index (χ0v) is 53.6. The van der Waals surface area contributed by atoms with Crippen LogP contribution in [-0.4, -0.2) is 130 Å². The molecular formula is C65H94N8O13S. The smallest absolute Gasteiger partial charge is 0.312 e. The molecule has 7 N–H and O–H groups in total. The van der Waals surface area contributed by atoms with Gasteiger partial charge in [-0.05, 0) is 112 Å². The number of ether oxygens (including phenoxy) is 2. The van der Waals surface area contributed by atoms with Crippen LogP contribution in [0.15, 0.2) is 53.9 Å². The number of primary amides is 1. The number of aromatic nitrogens is 1. The predicted octanol–water partition coefficient (Wildman–Crippen LogP) is 7.82. The van der Waals surface area contributed by atoms with Crippen LogP contribution in [0.2, 0.25) is 0 Å². The van der Waals surface area contributed by atoms with E-state index in [0.717, 1.165) is 36.3 Å². The summed E-state index contributed by atoms with van der Waals surface area (Å²) in [6.45, 7) is 18.8. The number of likely N-dealkylation sites (N-methyl/N-ethyl adjacent to an activating group) is 1. The topological polar surface area (TPSA) is 295 Å². The Morgan fingerprint density at radius 3 is 2.11 bits per heavy atom. The van der Waals surface area contributed by atoms with Gasteiger partial charge in [-0.15, -0.1) is 23.7 Å². The summed E-state index contributed by atoms with van der Waals surface area (Å²) in [7, 11) is 1.91. The number of carbonyl (C=O) groups is 9. The predicted molar refractivity (Wildman–Crippen MR) is 331 cm³/mol. The molecule has 6 amide bonds. The van der Waals surface area contributed by atoms with Gasteiger partial charge in [0.1, 0.15) is 23.4 Å². The van der Waals surface area contributed by atoms with Gasteiger partial charge in [0.25, 0.3) is 11.8 Å². The van der Waals surface area contributed by atoms with Gasteiger partial charge in [0, 0.05) is 50.1 Å². The highest BCUT2D eigenvalue weighted by atomic mass is 32.1. The summed E-state index contributed by atoms with van der Waals surface area (Å²) in [6.07, 6.45) is 9.55. The third kappa shape index (κ3) is 23.8. The summed E-state index contributed by atoms with van der Waals surface area (Å²) in [5, 5.41) is 24.7. The number of carbonyl (C=O) groups excluding carboxylic acids is 8. The van der Waals surface area contributed by atoms with E-state index in [0.29, 0.717) is 55.2 Å². The average Bonchev–Trinajstić information content (AvgIpc) is 3.41. The number of ketones is 1. The number of hydrogen-bond donors (Lipinski definition) is 6. The fourth-order valence-corrected chi connectivity index (χ4v) is 10.9. The van der Waals surface area contributed by atoms with Gasteiger partial charge in [0.05, 0.1) is 36.6 Å². The number of nitrogens with one attached hydrogen (secondary N) is 4. The van der Waals surface area contributed by atoms with Crippen molar-refractivity contribution >= 4 is 64.7 Å². The first-order valence-electron chi connectivity index (χ1n) is 30.4. The van der Waals surface area contributed by atoms with E-state index in [9.17, 15) is 48.3 Å². The number of thiazole rings is 1. The fraction of sp³-hybridized carbons (Fsp3) is 0.600. The Labute approximate surface area is 517 Å².